The zero-order chi connectivity index (χ0) is 29.6. The molecule has 42 heavy (non-hydrogen) atoms. The molecule has 2 aliphatic rings. The highest BCUT2D eigenvalue weighted by Crippen LogP contribution is 2.39. The summed E-state index contributed by atoms with van der Waals surface area (Å²) in [5.41, 5.74) is 4.61. The molecule has 1 aliphatic carbocycles. The standard InChI is InChI=1S/C34H51NO7/c1-4-7-29(36)25-42-33-9-5-8-32(34(33)28-13-10-26(11-14-28)23-39-21-20-38-3)41-24-27-12-15-31-30(22-27)35(17-19-40-31)16-6-18-37-2/h10-15,22,29,32-34,36H,4-9,16-21,23-25H2,1-3H3/t29-,32-,33+,34+/m0/s1. The summed E-state index contributed by atoms with van der Waals surface area (Å²) >= 11 is 0. The summed E-state index contributed by atoms with van der Waals surface area (Å²) in [5, 5.41) is 10.4. The average Bonchev–Trinajstić information content (AvgIpc) is 3.02. The number of rotatable bonds is 18. The molecule has 1 N–H and O–H groups in total. The molecule has 4 atom stereocenters. The van der Waals surface area contributed by atoms with Crippen LogP contribution in [0.3, 0.4) is 0 Å². The molecule has 0 spiro atoms. The van der Waals surface area contributed by atoms with Crippen LogP contribution >= 0.6 is 0 Å². The minimum atomic E-state index is -0.437. The maximum atomic E-state index is 10.4. The quantitative estimate of drug-likeness (QED) is 0.230. The van der Waals surface area contributed by atoms with Gasteiger partial charge < -0.3 is 38.4 Å². The Morgan fingerprint density at radius 1 is 0.929 bits per heavy atom. The van der Waals surface area contributed by atoms with Gasteiger partial charge in [0.15, 0.2) is 0 Å². The third-order valence-electron chi connectivity index (χ3n) is 8.19. The van der Waals surface area contributed by atoms with E-state index in [-0.39, 0.29) is 18.1 Å². The Morgan fingerprint density at radius 3 is 2.45 bits per heavy atom. The number of fused-ring (bicyclic) bond motifs is 1. The largest absolute Gasteiger partial charge is 0.490 e. The number of aliphatic hydroxyl groups is 1. The van der Waals surface area contributed by atoms with Gasteiger partial charge >= 0.3 is 0 Å². The molecular formula is C34H51NO7. The van der Waals surface area contributed by atoms with Gasteiger partial charge in [-0.1, -0.05) is 43.7 Å². The number of benzene rings is 2. The van der Waals surface area contributed by atoms with E-state index in [0.29, 0.717) is 39.6 Å². The van der Waals surface area contributed by atoms with Crippen molar-refractivity contribution in [1.82, 2.24) is 0 Å². The summed E-state index contributed by atoms with van der Waals surface area (Å²) in [6.07, 6.45) is 5.20. The molecule has 0 bridgehead atoms. The van der Waals surface area contributed by atoms with Gasteiger partial charge in [-0.25, -0.2) is 0 Å². The number of hydrogen-bond acceptors (Lipinski definition) is 8. The lowest BCUT2D eigenvalue weighted by atomic mass is 9.79. The van der Waals surface area contributed by atoms with Crippen LogP contribution < -0.4 is 9.64 Å². The smallest absolute Gasteiger partial charge is 0.142 e. The van der Waals surface area contributed by atoms with Crippen LogP contribution in [-0.2, 0) is 36.9 Å². The third kappa shape index (κ3) is 9.66. The van der Waals surface area contributed by atoms with E-state index in [0.717, 1.165) is 80.8 Å². The van der Waals surface area contributed by atoms with Gasteiger partial charge in [0.25, 0.3) is 0 Å². The molecule has 1 aliphatic heterocycles. The first-order valence-electron chi connectivity index (χ1n) is 15.7. The summed E-state index contributed by atoms with van der Waals surface area (Å²) in [6, 6.07) is 15.1. The van der Waals surface area contributed by atoms with Gasteiger partial charge in [-0.15, -0.1) is 0 Å². The van der Waals surface area contributed by atoms with Crippen molar-refractivity contribution in [3.8, 4) is 5.75 Å². The van der Waals surface area contributed by atoms with Crippen LogP contribution in [0.4, 0.5) is 5.69 Å². The average molecular weight is 586 g/mol. The SMILES string of the molecule is CCC[C@H](O)CO[C@@H]1CCC[C@H](OCc2ccc3c(c2)N(CCCOC)CCO3)[C@H]1c1ccc(COCCOC)cc1. The predicted molar refractivity (Wildman–Crippen MR) is 164 cm³/mol. The van der Waals surface area contributed by atoms with Crippen LogP contribution in [0, 0.1) is 0 Å². The van der Waals surface area contributed by atoms with Crippen LogP contribution in [0.2, 0.25) is 0 Å². The van der Waals surface area contributed by atoms with Gasteiger partial charge in [0, 0.05) is 33.3 Å². The molecule has 4 rings (SSSR count). The van der Waals surface area contributed by atoms with Crippen molar-refractivity contribution in [1.29, 1.82) is 0 Å². The van der Waals surface area contributed by atoms with Gasteiger partial charge in [0.2, 0.25) is 0 Å². The van der Waals surface area contributed by atoms with Crippen molar-refractivity contribution >= 4 is 5.69 Å². The molecular weight excluding hydrogens is 534 g/mol. The first kappa shape index (κ1) is 32.7. The summed E-state index contributed by atoms with van der Waals surface area (Å²) < 4.78 is 35.1. The Kier molecular flexibility index (Phi) is 13.9. The lowest BCUT2D eigenvalue weighted by Crippen LogP contribution is -2.39. The Hall–Kier alpha value is -2.20. The zero-order valence-corrected chi connectivity index (χ0v) is 25.8. The molecule has 1 saturated carbocycles. The fourth-order valence-corrected chi connectivity index (χ4v) is 5.99. The van der Waals surface area contributed by atoms with E-state index in [1.807, 2.05) is 0 Å². The Labute approximate surface area is 252 Å². The number of hydrogen-bond donors (Lipinski definition) is 1. The Morgan fingerprint density at radius 2 is 1.69 bits per heavy atom. The number of methoxy groups -OCH3 is 2. The van der Waals surface area contributed by atoms with Crippen LogP contribution in [0.25, 0.3) is 0 Å². The zero-order valence-electron chi connectivity index (χ0n) is 25.8. The fourth-order valence-electron chi connectivity index (χ4n) is 5.99. The van der Waals surface area contributed by atoms with Crippen molar-refractivity contribution < 1.29 is 33.5 Å². The molecule has 2 aromatic carbocycles. The summed E-state index contributed by atoms with van der Waals surface area (Å²) in [4.78, 5) is 2.39. The third-order valence-corrected chi connectivity index (χ3v) is 8.19. The second-order valence-corrected chi connectivity index (χ2v) is 11.4. The molecule has 234 valence electrons. The molecule has 1 fully saturated rings. The highest BCUT2D eigenvalue weighted by atomic mass is 16.5. The van der Waals surface area contributed by atoms with Crippen molar-refractivity contribution in [3.05, 3.63) is 59.2 Å². The van der Waals surface area contributed by atoms with E-state index < -0.39 is 6.10 Å². The lowest BCUT2D eigenvalue weighted by Gasteiger charge is -2.39. The van der Waals surface area contributed by atoms with E-state index >= 15 is 0 Å². The maximum Gasteiger partial charge on any atom is 0.142 e. The second-order valence-electron chi connectivity index (χ2n) is 11.4. The highest BCUT2D eigenvalue weighted by Gasteiger charge is 2.36. The van der Waals surface area contributed by atoms with E-state index in [4.69, 9.17) is 28.4 Å². The number of aliphatic hydroxyl groups excluding tert-OH is 1. The minimum absolute atomic E-state index is 0.00716. The minimum Gasteiger partial charge on any atom is -0.490 e. The van der Waals surface area contributed by atoms with Gasteiger partial charge in [-0.3, -0.25) is 0 Å². The van der Waals surface area contributed by atoms with Crippen molar-refractivity contribution in [2.45, 2.75) is 82.9 Å². The highest BCUT2D eigenvalue weighted by molar-refractivity contribution is 5.61. The number of nitrogens with zero attached hydrogens (tertiary/aromatic N) is 1. The Balaban J connectivity index is 1.46. The van der Waals surface area contributed by atoms with E-state index in [1.54, 1.807) is 14.2 Å². The summed E-state index contributed by atoms with van der Waals surface area (Å²) in [7, 11) is 3.43. The molecule has 0 saturated heterocycles. The fraction of sp³-hybridized carbons (Fsp3) is 0.647. The first-order valence-corrected chi connectivity index (χ1v) is 15.7. The lowest BCUT2D eigenvalue weighted by molar-refractivity contribution is -0.0864. The molecule has 2 aromatic rings. The summed E-state index contributed by atoms with van der Waals surface area (Å²) in [5.74, 6) is 1.02. The topological polar surface area (TPSA) is 78.9 Å². The molecule has 0 unspecified atom stereocenters. The molecule has 8 nitrogen and oxygen atoms in total. The monoisotopic (exact) mass is 585 g/mol. The van der Waals surface area contributed by atoms with Gasteiger partial charge in [0.05, 0.1) is 63.6 Å². The van der Waals surface area contributed by atoms with Crippen molar-refractivity contribution in [2.75, 3.05) is 65.2 Å². The van der Waals surface area contributed by atoms with E-state index in [2.05, 4.69) is 54.3 Å². The van der Waals surface area contributed by atoms with Crippen molar-refractivity contribution in [3.63, 3.8) is 0 Å². The second kappa shape index (κ2) is 17.8. The molecule has 1 heterocycles. The van der Waals surface area contributed by atoms with Crippen molar-refractivity contribution in [2.24, 2.45) is 0 Å². The van der Waals surface area contributed by atoms with Crippen LogP contribution in [-0.4, -0.2) is 83.8 Å². The Bertz CT molecular complexity index is 1030. The maximum absolute atomic E-state index is 10.4. The predicted octanol–water partition coefficient (Wildman–Crippen LogP) is 5.48. The number of anilines is 1. The summed E-state index contributed by atoms with van der Waals surface area (Å²) in [6.45, 7) is 7.96. The van der Waals surface area contributed by atoms with E-state index in [1.165, 1.54) is 5.56 Å². The van der Waals surface area contributed by atoms with E-state index in [9.17, 15) is 5.11 Å². The molecule has 0 aromatic heterocycles. The van der Waals surface area contributed by atoms with Crippen LogP contribution in [0.15, 0.2) is 42.5 Å². The first-order chi connectivity index (χ1) is 20.6. The molecule has 0 radical (unpaired) electrons. The number of ether oxygens (including phenoxy) is 6. The van der Waals surface area contributed by atoms with Gasteiger partial charge in [-0.05, 0) is 60.9 Å². The van der Waals surface area contributed by atoms with Gasteiger partial charge in [0.1, 0.15) is 12.4 Å². The molecule has 8 heteroatoms. The van der Waals surface area contributed by atoms with Crippen LogP contribution in [0.1, 0.15) is 68.1 Å². The van der Waals surface area contributed by atoms with Gasteiger partial charge in [-0.2, -0.15) is 0 Å². The normalized spacial score (nSPS) is 21.1. The van der Waals surface area contributed by atoms with Crippen LogP contribution in [0.5, 0.6) is 5.75 Å². The molecule has 0 amide bonds.